The number of aromatic amines is 1. The van der Waals surface area contributed by atoms with Gasteiger partial charge in [-0.3, -0.25) is 9.50 Å². The van der Waals surface area contributed by atoms with Gasteiger partial charge in [-0.2, -0.15) is 18.3 Å². The minimum atomic E-state index is -4.82. The lowest BCUT2D eigenvalue weighted by Gasteiger charge is -2.14. The number of H-pyrrole nitrogens is 1. The highest BCUT2D eigenvalue weighted by atomic mass is 35.5. The molecule has 3 heterocycles. The van der Waals surface area contributed by atoms with Crippen LogP contribution >= 0.6 is 11.6 Å². The third kappa shape index (κ3) is 3.38. The van der Waals surface area contributed by atoms with Crippen molar-refractivity contribution in [1.82, 2.24) is 24.6 Å². The van der Waals surface area contributed by atoms with Crippen LogP contribution < -0.4 is 0 Å². The quantitative estimate of drug-likeness (QED) is 0.372. The number of hydrogen-bond donors (Lipinski definition) is 1. The fraction of sp³-hybridized carbons (Fsp3) is 0.316. The summed E-state index contributed by atoms with van der Waals surface area (Å²) in [7, 11) is 0. The number of unbranched alkanes of at least 4 members (excludes halogenated alkanes) is 1. The van der Waals surface area contributed by atoms with Crippen LogP contribution in [-0.4, -0.2) is 24.6 Å². The normalized spacial score (nSPS) is 12.5. The minimum Gasteiger partial charge on any atom is -0.286 e. The van der Waals surface area contributed by atoms with Crippen LogP contribution in [0.2, 0.25) is 5.02 Å². The zero-order chi connectivity index (χ0) is 21.6. The van der Waals surface area contributed by atoms with Crippen LogP contribution in [0.25, 0.3) is 27.7 Å². The van der Waals surface area contributed by atoms with E-state index in [4.69, 9.17) is 11.6 Å². The van der Waals surface area contributed by atoms with Crippen LogP contribution in [0.3, 0.4) is 0 Å². The van der Waals surface area contributed by atoms with Crippen LogP contribution in [0.15, 0.2) is 24.7 Å². The first-order valence-corrected chi connectivity index (χ1v) is 9.48. The van der Waals surface area contributed by atoms with Crippen LogP contribution in [0, 0.1) is 0 Å². The molecule has 0 saturated heterocycles. The second kappa shape index (κ2) is 7.50. The lowest BCUT2D eigenvalue weighted by molar-refractivity contribution is -0.140. The van der Waals surface area contributed by atoms with Crippen molar-refractivity contribution in [1.29, 1.82) is 0 Å². The van der Waals surface area contributed by atoms with Crippen molar-refractivity contribution in [3.8, 4) is 11.1 Å². The number of halogens is 6. The summed E-state index contributed by atoms with van der Waals surface area (Å²) in [4.78, 5) is 7.50. The summed E-state index contributed by atoms with van der Waals surface area (Å²) in [6.45, 7) is 1.89. The Hall–Kier alpha value is -2.75. The third-order valence-electron chi connectivity index (χ3n) is 4.84. The first kappa shape index (κ1) is 20.5. The summed E-state index contributed by atoms with van der Waals surface area (Å²) in [5.41, 5.74) is -1.73. The smallest absolute Gasteiger partial charge is 0.286 e. The van der Waals surface area contributed by atoms with E-state index in [0.717, 1.165) is 12.7 Å². The number of aromatic nitrogens is 5. The van der Waals surface area contributed by atoms with Crippen molar-refractivity contribution in [2.24, 2.45) is 0 Å². The van der Waals surface area contributed by atoms with Gasteiger partial charge in [-0.1, -0.05) is 24.9 Å². The largest absolute Gasteiger partial charge is 0.434 e. The van der Waals surface area contributed by atoms with Gasteiger partial charge in [0.25, 0.3) is 6.43 Å². The molecule has 0 bridgehead atoms. The van der Waals surface area contributed by atoms with Crippen LogP contribution in [0.4, 0.5) is 22.0 Å². The van der Waals surface area contributed by atoms with Crippen molar-refractivity contribution in [2.45, 2.75) is 38.8 Å². The highest BCUT2D eigenvalue weighted by Crippen LogP contribution is 2.41. The van der Waals surface area contributed by atoms with E-state index in [1.165, 1.54) is 22.7 Å². The molecule has 3 aromatic heterocycles. The molecular weight excluding hydrogens is 429 g/mol. The van der Waals surface area contributed by atoms with Gasteiger partial charge >= 0.3 is 6.18 Å². The molecule has 0 unspecified atom stereocenters. The van der Waals surface area contributed by atoms with Gasteiger partial charge in [-0.15, -0.1) is 0 Å². The van der Waals surface area contributed by atoms with E-state index in [-0.39, 0.29) is 28.3 Å². The zero-order valence-corrected chi connectivity index (χ0v) is 16.3. The minimum absolute atomic E-state index is 0.0622. The molecule has 30 heavy (non-hydrogen) atoms. The maximum atomic E-state index is 13.8. The number of hydrogen-bond acceptors (Lipinski definition) is 3. The van der Waals surface area contributed by atoms with E-state index in [1.54, 1.807) is 0 Å². The molecule has 1 N–H and O–H groups in total. The Morgan fingerprint density at radius 2 is 2.00 bits per heavy atom. The Morgan fingerprint density at radius 1 is 1.23 bits per heavy atom. The number of benzene rings is 1. The van der Waals surface area contributed by atoms with E-state index < -0.39 is 29.6 Å². The number of alkyl halides is 5. The molecule has 0 atom stereocenters. The molecule has 0 fully saturated rings. The maximum Gasteiger partial charge on any atom is 0.434 e. The number of nitrogens with zero attached hydrogens (tertiary/aromatic N) is 4. The van der Waals surface area contributed by atoms with Gasteiger partial charge in [0.2, 0.25) is 0 Å². The second-order valence-corrected chi connectivity index (χ2v) is 7.21. The van der Waals surface area contributed by atoms with Crippen molar-refractivity contribution in [2.75, 3.05) is 0 Å². The monoisotopic (exact) mass is 443 g/mol. The van der Waals surface area contributed by atoms with Crippen molar-refractivity contribution >= 4 is 28.2 Å². The van der Waals surface area contributed by atoms with Gasteiger partial charge in [0.15, 0.2) is 5.69 Å². The van der Waals surface area contributed by atoms with Gasteiger partial charge in [0.05, 0.1) is 28.0 Å². The summed E-state index contributed by atoms with van der Waals surface area (Å²) < 4.78 is 69.9. The van der Waals surface area contributed by atoms with E-state index in [1.807, 2.05) is 6.92 Å². The first-order chi connectivity index (χ1) is 14.2. The molecule has 158 valence electrons. The van der Waals surface area contributed by atoms with E-state index >= 15 is 0 Å². The molecule has 0 aliphatic rings. The van der Waals surface area contributed by atoms with Crippen LogP contribution in [-0.2, 0) is 12.6 Å². The second-order valence-electron chi connectivity index (χ2n) is 6.80. The number of rotatable bonds is 5. The lowest BCUT2D eigenvalue weighted by Crippen LogP contribution is -2.12. The van der Waals surface area contributed by atoms with Gasteiger partial charge in [0.1, 0.15) is 17.7 Å². The fourth-order valence-electron chi connectivity index (χ4n) is 3.48. The number of aryl methyl sites for hydroxylation is 1. The zero-order valence-electron chi connectivity index (χ0n) is 15.6. The Morgan fingerprint density at radius 3 is 2.67 bits per heavy atom. The van der Waals surface area contributed by atoms with Gasteiger partial charge in [0, 0.05) is 5.39 Å². The van der Waals surface area contributed by atoms with Crippen LogP contribution in [0.5, 0.6) is 0 Å². The number of imidazole rings is 1. The number of fused-ring (bicyclic) bond motifs is 2. The highest BCUT2D eigenvalue weighted by Gasteiger charge is 2.38. The number of nitrogens with one attached hydrogen (secondary N) is 1. The third-order valence-corrected chi connectivity index (χ3v) is 5.13. The summed E-state index contributed by atoms with van der Waals surface area (Å²) in [6, 6.07) is 2.76. The predicted octanol–water partition coefficient (Wildman–Crippen LogP) is 6.23. The standard InChI is InChI=1S/C19H15ClF5N5/c1-2-3-4-12-15(17(21)22)28-18-13(16(19(23,24)25)26-8-30(12)18)9-5-10-7-27-29-14(10)11(20)6-9/h5-8,17H,2-4H2,1H3,(H,27,29). The van der Waals surface area contributed by atoms with E-state index in [9.17, 15) is 22.0 Å². The molecule has 4 aromatic rings. The molecule has 0 radical (unpaired) electrons. The first-order valence-electron chi connectivity index (χ1n) is 9.10. The van der Waals surface area contributed by atoms with Gasteiger partial charge in [-0.05, 0) is 30.5 Å². The molecule has 5 nitrogen and oxygen atoms in total. The summed E-state index contributed by atoms with van der Waals surface area (Å²) >= 11 is 6.21. The Labute approximate surface area is 171 Å². The Bertz CT molecular complexity index is 1230. The molecule has 0 spiro atoms. The average Bonchev–Trinajstić information content (AvgIpc) is 3.29. The average molecular weight is 444 g/mol. The molecule has 0 aliphatic carbocycles. The molecule has 11 heteroatoms. The van der Waals surface area contributed by atoms with Crippen molar-refractivity contribution in [3.05, 3.63) is 46.8 Å². The molecule has 0 saturated carbocycles. The molecular formula is C19H15ClF5N5. The summed E-state index contributed by atoms with van der Waals surface area (Å²) in [5.74, 6) is 0. The SMILES string of the molecule is CCCCc1c(C(F)F)nc2c(-c3cc(Cl)c4[nH]ncc4c3)c(C(F)(F)F)ncn12. The topological polar surface area (TPSA) is 58.9 Å². The van der Waals surface area contributed by atoms with E-state index in [2.05, 4.69) is 20.2 Å². The Kier molecular flexibility index (Phi) is 5.13. The molecule has 0 aliphatic heterocycles. The highest BCUT2D eigenvalue weighted by molar-refractivity contribution is 6.35. The van der Waals surface area contributed by atoms with Crippen molar-refractivity contribution in [3.63, 3.8) is 0 Å². The summed E-state index contributed by atoms with van der Waals surface area (Å²) in [6.07, 6.45) is -3.89. The predicted molar refractivity (Wildman–Crippen MR) is 102 cm³/mol. The van der Waals surface area contributed by atoms with Gasteiger partial charge < -0.3 is 0 Å². The maximum absolute atomic E-state index is 13.8. The fourth-order valence-corrected chi connectivity index (χ4v) is 3.75. The van der Waals surface area contributed by atoms with Gasteiger partial charge in [-0.25, -0.2) is 18.7 Å². The molecule has 0 amide bonds. The van der Waals surface area contributed by atoms with Crippen LogP contribution in [0.1, 0.15) is 43.3 Å². The summed E-state index contributed by atoms with van der Waals surface area (Å²) in [5, 5.41) is 7.11. The van der Waals surface area contributed by atoms with E-state index in [0.29, 0.717) is 17.3 Å². The molecule has 1 aromatic carbocycles. The lowest BCUT2D eigenvalue weighted by atomic mass is 10.0. The Balaban J connectivity index is 2.08. The van der Waals surface area contributed by atoms with Crippen molar-refractivity contribution < 1.29 is 22.0 Å². The molecule has 4 rings (SSSR count).